The zero-order valence-corrected chi connectivity index (χ0v) is 14.6. The Morgan fingerprint density at radius 2 is 1.71 bits per heavy atom. The van der Waals surface area contributed by atoms with Gasteiger partial charge in [-0.2, -0.15) is 0 Å². The van der Waals surface area contributed by atoms with Crippen molar-refractivity contribution in [1.82, 2.24) is 0 Å². The summed E-state index contributed by atoms with van der Waals surface area (Å²) < 4.78 is 0. The van der Waals surface area contributed by atoms with Crippen LogP contribution in [0.1, 0.15) is 23.6 Å². The fraction of sp³-hybridized carbons (Fsp3) is 0.158. The van der Waals surface area contributed by atoms with E-state index in [9.17, 15) is 9.59 Å². The lowest BCUT2D eigenvalue weighted by molar-refractivity contribution is -0.113. The molecule has 0 saturated carbocycles. The molecule has 2 aromatic carbocycles. The Morgan fingerprint density at radius 3 is 2.33 bits per heavy atom. The van der Waals surface area contributed by atoms with Crippen LogP contribution in [0.3, 0.4) is 0 Å². The molecule has 2 amide bonds. The monoisotopic (exact) mass is 338 g/mol. The summed E-state index contributed by atoms with van der Waals surface area (Å²) in [5.41, 5.74) is 10.7. The summed E-state index contributed by atoms with van der Waals surface area (Å²) in [6.45, 7) is 5.74. The summed E-state index contributed by atoms with van der Waals surface area (Å²) >= 11 is 0.982. The van der Waals surface area contributed by atoms with Gasteiger partial charge in [0.15, 0.2) is 0 Å². The maximum atomic E-state index is 12.8. The summed E-state index contributed by atoms with van der Waals surface area (Å²) in [4.78, 5) is 27.0. The van der Waals surface area contributed by atoms with Gasteiger partial charge in [-0.3, -0.25) is 9.59 Å². The molecule has 0 radical (unpaired) electrons. The normalized spacial score (nSPS) is 16.7. The molecule has 3 rings (SSSR count). The molecule has 0 atom stereocenters. The first-order valence-corrected chi connectivity index (χ1v) is 8.40. The lowest BCUT2D eigenvalue weighted by Gasteiger charge is -2.16. The molecule has 0 aliphatic carbocycles. The van der Waals surface area contributed by atoms with Gasteiger partial charge in [0.25, 0.3) is 11.1 Å². The number of nitrogens with zero attached hydrogens (tertiary/aromatic N) is 1. The average molecular weight is 338 g/mol. The summed E-state index contributed by atoms with van der Waals surface area (Å²) in [6.07, 6.45) is 0. The number of hydrogen-bond acceptors (Lipinski definition) is 4. The van der Waals surface area contributed by atoms with Gasteiger partial charge >= 0.3 is 0 Å². The first kappa shape index (κ1) is 16.3. The Kier molecular flexibility index (Phi) is 4.20. The molecule has 122 valence electrons. The summed E-state index contributed by atoms with van der Waals surface area (Å²) in [5.74, 6) is -0.272. The number of thioether (sulfide) groups is 1. The highest BCUT2D eigenvalue weighted by Gasteiger charge is 2.38. The van der Waals surface area contributed by atoms with Gasteiger partial charge in [0, 0.05) is 5.69 Å². The molecule has 24 heavy (non-hydrogen) atoms. The third-order valence-corrected chi connectivity index (χ3v) is 5.09. The van der Waals surface area contributed by atoms with Gasteiger partial charge in [-0.1, -0.05) is 29.8 Å². The van der Waals surface area contributed by atoms with E-state index >= 15 is 0 Å². The molecule has 0 spiro atoms. The first-order valence-electron chi connectivity index (χ1n) is 7.59. The number of nitrogen functional groups attached to an aromatic ring is 1. The quantitative estimate of drug-likeness (QED) is 0.646. The second kappa shape index (κ2) is 6.17. The molecule has 0 aromatic heterocycles. The van der Waals surface area contributed by atoms with Crippen LogP contribution in [0.15, 0.2) is 47.4 Å². The number of amides is 2. The second-order valence-electron chi connectivity index (χ2n) is 5.87. The van der Waals surface area contributed by atoms with Crippen LogP contribution >= 0.6 is 11.8 Å². The van der Waals surface area contributed by atoms with Crippen LogP contribution in [0.5, 0.6) is 0 Å². The van der Waals surface area contributed by atoms with Crippen LogP contribution < -0.4 is 10.6 Å². The van der Waals surface area contributed by atoms with Crippen molar-refractivity contribution in [3.63, 3.8) is 0 Å². The molecule has 1 fully saturated rings. The number of rotatable bonds is 2. The minimum atomic E-state index is -0.272. The number of imide groups is 1. The number of nitrogens with two attached hydrogens (primary N) is 1. The van der Waals surface area contributed by atoms with E-state index in [0.717, 1.165) is 34.0 Å². The van der Waals surface area contributed by atoms with E-state index in [1.807, 2.05) is 51.1 Å². The third kappa shape index (κ3) is 2.83. The molecule has 1 heterocycles. The molecule has 1 saturated heterocycles. The van der Waals surface area contributed by atoms with Gasteiger partial charge in [-0.05, 0) is 67.4 Å². The van der Waals surface area contributed by atoms with Gasteiger partial charge in [0.05, 0.1) is 10.6 Å². The molecule has 4 nitrogen and oxygen atoms in total. The Bertz CT molecular complexity index is 869. The van der Waals surface area contributed by atoms with E-state index in [1.165, 1.54) is 4.90 Å². The standard InChI is InChI=1S/C19H18N2O2S/c1-11-4-9-16(12(2)10-11)21-18(22)17(24-19(21)23)13(3)14-5-7-15(20)8-6-14/h4-10H,20H2,1-3H3/b17-13-. The maximum Gasteiger partial charge on any atom is 0.298 e. The van der Waals surface area contributed by atoms with Crippen molar-refractivity contribution in [3.05, 3.63) is 64.1 Å². The number of aryl methyl sites for hydroxylation is 2. The Hall–Kier alpha value is -2.53. The second-order valence-corrected chi connectivity index (χ2v) is 6.84. The van der Waals surface area contributed by atoms with Gasteiger partial charge < -0.3 is 5.73 Å². The lowest BCUT2D eigenvalue weighted by Crippen LogP contribution is -2.28. The predicted octanol–water partition coefficient (Wildman–Crippen LogP) is 4.52. The van der Waals surface area contributed by atoms with Crippen LogP contribution in [0.25, 0.3) is 5.57 Å². The zero-order chi connectivity index (χ0) is 17.4. The number of hydrogen-bond donors (Lipinski definition) is 1. The van der Waals surface area contributed by atoms with Crippen LogP contribution in [-0.2, 0) is 4.79 Å². The van der Waals surface area contributed by atoms with E-state index < -0.39 is 0 Å². The van der Waals surface area contributed by atoms with Crippen molar-refractivity contribution in [1.29, 1.82) is 0 Å². The van der Waals surface area contributed by atoms with E-state index in [0.29, 0.717) is 16.3 Å². The van der Waals surface area contributed by atoms with Gasteiger partial charge in [0.2, 0.25) is 0 Å². The Morgan fingerprint density at radius 1 is 1.04 bits per heavy atom. The number of anilines is 2. The van der Waals surface area contributed by atoms with E-state index in [-0.39, 0.29) is 11.1 Å². The third-order valence-electron chi connectivity index (χ3n) is 4.05. The molecule has 1 aliphatic heterocycles. The van der Waals surface area contributed by atoms with Crippen molar-refractivity contribution in [3.8, 4) is 0 Å². The van der Waals surface area contributed by atoms with Gasteiger partial charge in [-0.15, -0.1) is 0 Å². The fourth-order valence-electron chi connectivity index (χ4n) is 2.73. The number of carbonyl (C=O) groups is 2. The number of benzene rings is 2. The minimum absolute atomic E-state index is 0.267. The van der Waals surface area contributed by atoms with Crippen molar-refractivity contribution >= 4 is 39.9 Å². The van der Waals surface area contributed by atoms with Crippen molar-refractivity contribution < 1.29 is 9.59 Å². The molecular formula is C19H18N2O2S. The van der Waals surface area contributed by atoms with Gasteiger partial charge in [-0.25, -0.2) is 4.90 Å². The number of carbonyl (C=O) groups excluding carboxylic acids is 2. The molecule has 0 unspecified atom stereocenters. The molecular weight excluding hydrogens is 320 g/mol. The molecule has 0 bridgehead atoms. The van der Waals surface area contributed by atoms with Crippen molar-refractivity contribution in [2.75, 3.05) is 10.6 Å². The summed E-state index contributed by atoms with van der Waals surface area (Å²) in [6, 6.07) is 13.0. The highest BCUT2D eigenvalue weighted by atomic mass is 32.2. The topological polar surface area (TPSA) is 63.4 Å². The molecule has 2 N–H and O–H groups in total. The van der Waals surface area contributed by atoms with Crippen molar-refractivity contribution in [2.45, 2.75) is 20.8 Å². The first-order chi connectivity index (χ1) is 11.4. The smallest absolute Gasteiger partial charge is 0.298 e. The maximum absolute atomic E-state index is 12.8. The SMILES string of the molecule is C/C(=C1/SC(=O)N(c2ccc(C)cc2C)C1=O)c1ccc(N)cc1. The summed E-state index contributed by atoms with van der Waals surface area (Å²) in [7, 11) is 0. The molecule has 1 aliphatic rings. The summed E-state index contributed by atoms with van der Waals surface area (Å²) in [5, 5.41) is -0.267. The lowest BCUT2D eigenvalue weighted by atomic mass is 10.1. The molecule has 5 heteroatoms. The van der Waals surface area contributed by atoms with E-state index in [1.54, 1.807) is 12.1 Å². The number of allylic oxidation sites excluding steroid dienone is 1. The molecule has 2 aromatic rings. The van der Waals surface area contributed by atoms with Crippen LogP contribution in [0.2, 0.25) is 0 Å². The van der Waals surface area contributed by atoms with Crippen LogP contribution in [0.4, 0.5) is 16.2 Å². The van der Waals surface area contributed by atoms with Gasteiger partial charge in [0.1, 0.15) is 0 Å². The van der Waals surface area contributed by atoms with E-state index in [2.05, 4.69) is 0 Å². The zero-order valence-electron chi connectivity index (χ0n) is 13.8. The minimum Gasteiger partial charge on any atom is -0.399 e. The fourth-order valence-corrected chi connectivity index (χ4v) is 3.62. The Balaban J connectivity index is 2.02. The highest BCUT2D eigenvalue weighted by Crippen LogP contribution is 2.40. The average Bonchev–Trinajstić information content (AvgIpc) is 2.83. The van der Waals surface area contributed by atoms with Crippen molar-refractivity contribution in [2.24, 2.45) is 0 Å². The highest BCUT2D eigenvalue weighted by molar-refractivity contribution is 8.19. The predicted molar refractivity (Wildman–Crippen MR) is 99.8 cm³/mol. The van der Waals surface area contributed by atoms with Crippen LogP contribution in [-0.4, -0.2) is 11.1 Å². The van der Waals surface area contributed by atoms with Crippen LogP contribution in [0, 0.1) is 13.8 Å². The largest absolute Gasteiger partial charge is 0.399 e. The Labute approximate surface area is 145 Å². The van der Waals surface area contributed by atoms with E-state index in [4.69, 9.17) is 5.73 Å².